The molecule has 1 atom stereocenters. The maximum atomic E-state index is 12.3. The molecule has 0 aromatic rings. The Morgan fingerprint density at radius 1 is 1.07 bits per heavy atom. The first-order chi connectivity index (χ1) is 6.52. The van der Waals surface area contributed by atoms with Crippen LogP contribution in [0.4, 0.5) is 13.2 Å². The fourth-order valence-electron chi connectivity index (χ4n) is 1.32. The molecule has 0 radical (unpaired) electrons. The van der Waals surface area contributed by atoms with Crippen molar-refractivity contribution in [1.82, 2.24) is 0 Å². The van der Waals surface area contributed by atoms with Crippen LogP contribution < -0.4 is 0 Å². The van der Waals surface area contributed by atoms with Crippen LogP contribution in [0.25, 0.3) is 0 Å². The molecular weight excluding hydrogens is 257 g/mol. The van der Waals surface area contributed by atoms with Crippen molar-refractivity contribution in [1.29, 1.82) is 0 Å². The van der Waals surface area contributed by atoms with Gasteiger partial charge in [-0.25, -0.2) is 0 Å². The topological polar surface area (TPSA) is 0 Å². The van der Waals surface area contributed by atoms with E-state index in [2.05, 4.69) is 22.9 Å². The normalized spacial score (nSPS) is 14.4. The van der Waals surface area contributed by atoms with Crippen molar-refractivity contribution in [2.75, 3.05) is 5.33 Å². The zero-order valence-corrected chi connectivity index (χ0v) is 10.1. The number of hydrogen-bond donors (Lipinski definition) is 0. The number of rotatable bonds is 7. The lowest BCUT2D eigenvalue weighted by atomic mass is 10.0. The first kappa shape index (κ1) is 14.3. The Labute approximate surface area is 92.4 Å². The van der Waals surface area contributed by atoms with Crippen LogP contribution in [0, 0.1) is 5.92 Å². The summed E-state index contributed by atoms with van der Waals surface area (Å²) < 4.78 is 36.8. The lowest BCUT2D eigenvalue weighted by molar-refractivity contribution is -0.169. The fraction of sp³-hybridized carbons (Fsp3) is 1.00. The molecule has 0 aliphatic heterocycles. The third-order valence-electron chi connectivity index (χ3n) is 2.31. The Morgan fingerprint density at radius 3 is 2.07 bits per heavy atom. The molecule has 0 aromatic carbocycles. The molecule has 14 heavy (non-hydrogen) atoms. The fourth-order valence-corrected chi connectivity index (χ4v) is 2.01. The predicted octanol–water partition coefficient (Wildman–Crippen LogP) is 4.92. The van der Waals surface area contributed by atoms with Crippen LogP contribution in [0.15, 0.2) is 0 Å². The van der Waals surface area contributed by atoms with Gasteiger partial charge in [0.15, 0.2) is 0 Å². The Morgan fingerprint density at radius 2 is 1.64 bits per heavy atom. The van der Waals surface area contributed by atoms with Gasteiger partial charge in [-0.2, -0.15) is 13.2 Å². The summed E-state index contributed by atoms with van der Waals surface area (Å²) in [6, 6.07) is 0. The first-order valence-corrected chi connectivity index (χ1v) is 6.27. The van der Waals surface area contributed by atoms with E-state index in [1.54, 1.807) is 0 Å². The molecule has 0 N–H and O–H groups in total. The van der Waals surface area contributed by atoms with Gasteiger partial charge in [0.2, 0.25) is 0 Å². The molecule has 86 valence electrons. The quantitative estimate of drug-likeness (QED) is 0.457. The Bertz CT molecular complexity index is 134. The summed E-state index contributed by atoms with van der Waals surface area (Å²) in [5.41, 5.74) is 0. The molecule has 4 heteroatoms. The Kier molecular flexibility index (Phi) is 7.69. The van der Waals surface area contributed by atoms with Gasteiger partial charge in [0.05, 0.1) is 5.92 Å². The average Bonchev–Trinajstić information content (AvgIpc) is 2.09. The minimum absolute atomic E-state index is 0.0320. The minimum Gasteiger partial charge on any atom is -0.171 e. The highest BCUT2D eigenvalue weighted by Crippen LogP contribution is 2.31. The molecule has 0 aliphatic rings. The molecule has 0 bridgehead atoms. The van der Waals surface area contributed by atoms with Gasteiger partial charge in [-0.05, 0) is 6.42 Å². The SMILES string of the molecule is CCCCCCC[C@@H](CBr)C(F)(F)F. The monoisotopic (exact) mass is 274 g/mol. The van der Waals surface area contributed by atoms with E-state index in [-0.39, 0.29) is 11.8 Å². The van der Waals surface area contributed by atoms with Crippen LogP contribution in [0.1, 0.15) is 45.4 Å². The zero-order valence-electron chi connectivity index (χ0n) is 8.54. The molecule has 0 saturated carbocycles. The molecule has 0 saturated heterocycles. The van der Waals surface area contributed by atoms with E-state index in [9.17, 15) is 13.2 Å². The zero-order chi connectivity index (χ0) is 11.0. The third kappa shape index (κ3) is 6.68. The van der Waals surface area contributed by atoms with Gasteiger partial charge in [-0.15, -0.1) is 0 Å². The van der Waals surface area contributed by atoms with Crippen molar-refractivity contribution < 1.29 is 13.2 Å². The summed E-state index contributed by atoms with van der Waals surface area (Å²) >= 11 is 2.91. The molecule has 0 aromatic heterocycles. The van der Waals surface area contributed by atoms with E-state index in [0.29, 0.717) is 6.42 Å². The molecule has 0 rings (SSSR count). The van der Waals surface area contributed by atoms with Crippen molar-refractivity contribution in [2.24, 2.45) is 5.92 Å². The summed E-state index contributed by atoms with van der Waals surface area (Å²) in [4.78, 5) is 0. The van der Waals surface area contributed by atoms with Gasteiger partial charge in [0, 0.05) is 5.33 Å². The largest absolute Gasteiger partial charge is 0.392 e. The van der Waals surface area contributed by atoms with Gasteiger partial charge < -0.3 is 0 Å². The van der Waals surface area contributed by atoms with Gasteiger partial charge in [-0.1, -0.05) is 55.0 Å². The summed E-state index contributed by atoms with van der Waals surface area (Å²) in [5, 5.41) is 0.0320. The van der Waals surface area contributed by atoms with Crippen LogP contribution in [0.5, 0.6) is 0 Å². The second-order valence-electron chi connectivity index (χ2n) is 3.60. The van der Waals surface area contributed by atoms with Crippen molar-refractivity contribution in [2.45, 2.75) is 51.6 Å². The summed E-state index contributed by atoms with van der Waals surface area (Å²) in [5.74, 6) is -1.16. The Balaban J connectivity index is 3.54. The van der Waals surface area contributed by atoms with Crippen LogP contribution in [-0.4, -0.2) is 11.5 Å². The van der Waals surface area contributed by atoms with Crippen LogP contribution in [0.2, 0.25) is 0 Å². The second-order valence-corrected chi connectivity index (χ2v) is 4.24. The third-order valence-corrected chi connectivity index (χ3v) is 3.09. The van der Waals surface area contributed by atoms with Gasteiger partial charge in [0.1, 0.15) is 0 Å². The highest BCUT2D eigenvalue weighted by atomic mass is 79.9. The lowest BCUT2D eigenvalue weighted by Gasteiger charge is -2.17. The molecule has 0 heterocycles. The number of unbranched alkanes of at least 4 members (excludes halogenated alkanes) is 4. The van der Waals surface area contributed by atoms with E-state index >= 15 is 0 Å². The van der Waals surface area contributed by atoms with E-state index in [1.807, 2.05) is 0 Å². The summed E-state index contributed by atoms with van der Waals surface area (Å²) in [6.45, 7) is 2.09. The Hall–Kier alpha value is 0.270. The summed E-state index contributed by atoms with van der Waals surface area (Å²) in [7, 11) is 0. The van der Waals surface area contributed by atoms with Crippen molar-refractivity contribution in [3.63, 3.8) is 0 Å². The number of hydrogen-bond acceptors (Lipinski definition) is 0. The molecule has 0 nitrogen and oxygen atoms in total. The van der Waals surface area contributed by atoms with Crippen molar-refractivity contribution >= 4 is 15.9 Å². The molecule has 0 amide bonds. The van der Waals surface area contributed by atoms with E-state index in [4.69, 9.17) is 0 Å². The lowest BCUT2D eigenvalue weighted by Crippen LogP contribution is -2.24. The molecule has 0 unspecified atom stereocenters. The number of alkyl halides is 4. The standard InChI is InChI=1S/C10H18BrF3/c1-2-3-4-5-6-7-9(8-11)10(12,13)14/h9H,2-8H2,1H3/t9-/m0/s1. The number of halogens is 4. The first-order valence-electron chi connectivity index (χ1n) is 5.15. The highest BCUT2D eigenvalue weighted by molar-refractivity contribution is 9.09. The second kappa shape index (κ2) is 7.55. The smallest absolute Gasteiger partial charge is 0.171 e. The van der Waals surface area contributed by atoms with E-state index < -0.39 is 12.1 Å². The van der Waals surface area contributed by atoms with Crippen molar-refractivity contribution in [3.05, 3.63) is 0 Å². The maximum Gasteiger partial charge on any atom is 0.392 e. The van der Waals surface area contributed by atoms with Gasteiger partial charge in [0.25, 0.3) is 0 Å². The molecular formula is C10H18BrF3. The predicted molar refractivity (Wildman–Crippen MR) is 56.7 cm³/mol. The van der Waals surface area contributed by atoms with E-state index in [0.717, 1.165) is 25.7 Å². The maximum absolute atomic E-state index is 12.3. The molecule has 0 fully saturated rings. The van der Waals surface area contributed by atoms with Gasteiger partial charge in [-0.3, -0.25) is 0 Å². The van der Waals surface area contributed by atoms with Crippen molar-refractivity contribution in [3.8, 4) is 0 Å². The average molecular weight is 275 g/mol. The van der Waals surface area contributed by atoms with E-state index in [1.165, 1.54) is 0 Å². The van der Waals surface area contributed by atoms with Crippen LogP contribution in [-0.2, 0) is 0 Å². The highest BCUT2D eigenvalue weighted by Gasteiger charge is 2.37. The molecule has 0 aliphatic carbocycles. The van der Waals surface area contributed by atoms with Crippen LogP contribution in [0.3, 0.4) is 0 Å². The summed E-state index contributed by atoms with van der Waals surface area (Å²) in [6.07, 6.45) is 1.16. The molecule has 0 spiro atoms. The minimum atomic E-state index is -4.03. The van der Waals surface area contributed by atoms with Crippen LogP contribution >= 0.6 is 15.9 Å². The van der Waals surface area contributed by atoms with Gasteiger partial charge >= 0.3 is 6.18 Å².